The number of nitrogens with one attached hydrogen (secondary N) is 3. The van der Waals surface area contributed by atoms with Crippen molar-refractivity contribution in [2.75, 3.05) is 32.8 Å². The number of amides is 1. The van der Waals surface area contributed by atoms with Crippen LogP contribution >= 0.6 is 0 Å². The van der Waals surface area contributed by atoms with Gasteiger partial charge in [-0.25, -0.2) is 0 Å². The van der Waals surface area contributed by atoms with E-state index in [1.807, 2.05) is 30.3 Å². The van der Waals surface area contributed by atoms with Gasteiger partial charge >= 0.3 is 0 Å². The van der Waals surface area contributed by atoms with Gasteiger partial charge in [0, 0.05) is 5.56 Å². The number of H-pyrrole nitrogens is 1. The van der Waals surface area contributed by atoms with E-state index in [2.05, 4.69) is 46.7 Å². The fourth-order valence-electron chi connectivity index (χ4n) is 3.63. The van der Waals surface area contributed by atoms with E-state index in [4.69, 9.17) is 4.74 Å². The molecule has 1 atom stereocenters. The van der Waals surface area contributed by atoms with Crippen LogP contribution in [0, 0.1) is 6.92 Å². The Morgan fingerprint density at radius 1 is 1.14 bits per heavy atom. The molecule has 1 aliphatic heterocycles. The number of morpholine rings is 1. The number of aromatic amines is 1. The Morgan fingerprint density at radius 2 is 1.86 bits per heavy atom. The first-order valence-corrected chi connectivity index (χ1v) is 10.1. The van der Waals surface area contributed by atoms with Gasteiger partial charge in [0.15, 0.2) is 0 Å². The summed E-state index contributed by atoms with van der Waals surface area (Å²) in [6.07, 6.45) is 0. The molecule has 1 aromatic heterocycles. The molecule has 1 fully saturated rings. The number of benzene rings is 2. The summed E-state index contributed by atoms with van der Waals surface area (Å²) in [6, 6.07) is 20.0. The van der Waals surface area contributed by atoms with Crippen molar-refractivity contribution in [3.8, 4) is 11.3 Å². The van der Waals surface area contributed by atoms with Crippen LogP contribution in [0.2, 0.25) is 0 Å². The minimum atomic E-state index is -0.141. The predicted molar refractivity (Wildman–Crippen MR) is 112 cm³/mol. The van der Waals surface area contributed by atoms with Crippen molar-refractivity contribution in [2.24, 2.45) is 0 Å². The molecule has 150 valence electrons. The van der Waals surface area contributed by atoms with Gasteiger partial charge in [-0.2, -0.15) is 5.10 Å². The molecule has 0 saturated carbocycles. The number of aromatic nitrogens is 2. The standard InChI is InChI=1S/C23H26N4O2/c1-17-7-9-19(10-8-17)22(16-27-11-13-29-14-12-27)24-23(28)21-15-20(25-26-21)18-5-3-2-4-6-18/h2-10,15,22H,11-14,16H2,1H3,(H,24,28)(H,25,26)/p+1/t22-/m1/s1. The zero-order chi connectivity index (χ0) is 20.1. The van der Waals surface area contributed by atoms with Crippen molar-refractivity contribution in [1.29, 1.82) is 0 Å². The number of aryl methyl sites for hydroxylation is 1. The van der Waals surface area contributed by atoms with E-state index in [0.717, 1.165) is 49.7 Å². The lowest BCUT2D eigenvalue weighted by atomic mass is 10.0. The zero-order valence-corrected chi connectivity index (χ0v) is 16.7. The molecule has 1 aliphatic rings. The zero-order valence-electron chi connectivity index (χ0n) is 16.7. The molecule has 6 nitrogen and oxygen atoms in total. The largest absolute Gasteiger partial charge is 0.370 e. The lowest BCUT2D eigenvalue weighted by Gasteiger charge is -2.28. The second-order valence-corrected chi connectivity index (χ2v) is 7.54. The van der Waals surface area contributed by atoms with Crippen molar-refractivity contribution in [3.63, 3.8) is 0 Å². The summed E-state index contributed by atoms with van der Waals surface area (Å²) in [5, 5.41) is 10.4. The van der Waals surface area contributed by atoms with Gasteiger partial charge in [-0.15, -0.1) is 0 Å². The molecule has 0 radical (unpaired) electrons. The third-order valence-electron chi connectivity index (χ3n) is 5.37. The molecule has 1 saturated heterocycles. The molecule has 2 heterocycles. The maximum Gasteiger partial charge on any atom is 0.269 e. The van der Waals surface area contributed by atoms with E-state index in [0.29, 0.717) is 5.69 Å². The number of ether oxygens (including phenoxy) is 1. The van der Waals surface area contributed by atoms with Crippen molar-refractivity contribution in [2.45, 2.75) is 13.0 Å². The molecule has 3 aromatic rings. The highest BCUT2D eigenvalue weighted by Gasteiger charge is 2.24. The highest BCUT2D eigenvalue weighted by atomic mass is 16.5. The van der Waals surface area contributed by atoms with Crippen molar-refractivity contribution in [1.82, 2.24) is 15.5 Å². The van der Waals surface area contributed by atoms with Gasteiger partial charge in [-0.3, -0.25) is 9.89 Å². The third kappa shape index (κ3) is 4.91. The minimum absolute atomic E-state index is 0.0697. The highest BCUT2D eigenvalue weighted by molar-refractivity contribution is 5.93. The SMILES string of the molecule is Cc1ccc([C@@H](C[NH+]2CCOCC2)NC(=O)c2cc(-c3ccccc3)n[nH]2)cc1. The number of rotatable bonds is 6. The third-order valence-corrected chi connectivity index (χ3v) is 5.37. The molecule has 0 bridgehead atoms. The predicted octanol–water partition coefficient (Wildman–Crippen LogP) is 1.77. The molecule has 0 unspecified atom stereocenters. The Morgan fingerprint density at radius 3 is 2.59 bits per heavy atom. The van der Waals surface area contributed by atoms with Gasteiger partial charge < -0.3 is 15.0 Å². The first-order valence-electron chi connectivity index (χ1n) is 10.1. The first-order chi connectivity index (χ1) is 14.2. The Hall–Kier alpha value is -2.96. The van der Waals surface area contributed by atoms with Gasteiger partial charge in [0.25, 0.3) is 5.91 Å². The van der Waals surface area contributed by atoms with Crippen LogP contribution in [-0.2, 0) is 4.74 Å². The molecule has 0 aliphatic carbocycles. The van der Waals surface area contributed by atoms with Crippen molar-refractivity contribution >= 4 is 5.91 Å². The van der Waals surface area contributed by atoms with Crippen LogP contribution in [0.1, 0.15) is 27.7 Å². The lowest BCUT2D eigenvalue weighted by Crippen LogP contribution is -3.14. The van der Waals surface area contributed by atoms with Crippen molar-refractivity contribution < 1.29 is 14.4 Å². The Labute approximate surface area is 170 Å². The van der Waals surface area contributed by atoms with Crippen LogP contribution in [-0.4, -0.2) is 49.0 Å². The summed E-state index contributed by atoms with van der Waals surface area (Å²) >= 11 is 0. The molecule has 1 amide bonds. The molecule has 6 heteroatoms. The summed E-state index contributed by atoms with van der Waals surface area (Å²) in [5.41, 5.74) is 4.54. The van der Waals surface area contributed by atoms with Gasteiger partial charge in [0.2, 0.25) is 0 Å². The van der Waals surface area contributed by atoms with Gasteiger partial charge in [0.05, 0.1) is 18.9 Å². The first kappa shape index (κ1) is 19.4. The van der Waals surface area contributed by atoms with Crippen LogP contribution in [0.5, 0.6) is 0 Å². The number of quaternary nitrogens is 1. The maximum atomic E-state index is 13.0. The Kier molecular flexibility index (Phi) is 6.03. The monoisotopic (exact) mass is 391 g/mol. The van der Waals surface area contributed by atoms with Crippen LogP contribution in [0.4, 0.5) is 0 Å². The number of hydrogen-bond acceptors (Lipinski definition) is 3. The smallest absolute Gasteiger partial charge is 0.269 e. The van der Waals surface area contributed by atoms with E-state index >= 15 is 0 Å². The molecule has 0 spiro atoms. The molecule has 2 aromatic carbocycles. The number of carbonyl (C=O) groups excluding carboxylic acids is 1. The average Bonchev–Trinajstić information content (AvgIpc) is 3.26. The quantitative estimate of drug-likeness (QED) is 0.600. The normalized spacial score (nSPS) is 15.8. The fraction of sp³-hybridized carbons (Fsp3) is 0.304. The van der Waals surface area contributed by atoms with E-state index in [1.54, 1.807) is 6.07 Å². The number of carbonyl (C=O) groups is 1. The lowest BCUT2D eigenvalue weighted by molar-refractivity contribution is -0.909. The topological polar surface area (TPSA) is 71.5 Å². The summed E-state index contributed by atoms with van der Waals surface area (Å²) in [7, 11) is 0. The number of nitrogens with zero attached hydrogens (tertiary/aromatic N) is 1. The van der Waals surface area contributed by atoms with Crippen LogP contribution in [0.15, 0.2) is 60.7 Å². The Balaban J connectivity index is 1.51. The fourth-order valence-corrected chi connectivity index (χ4v) is 3.63. The minimum Gasteiger partial charge on any atom is -0.370 e. The maximum absolute atomic E-state index is 13.0. The van der Waals surface area contributed by atoms with Gasteiger partial charge in [-0.1, -0.05) is 60.2 Å². The highest BCUT2D eigenvalue weighted by Crippen LogP contribution is 2.18. The second-order valence-electron chi connectivity index (χ2n) is 7.54. The average molecular weight is 391 g/mol. The Bertz CT molecular complexity index is 931. The van der Waals surface area contributed by atoms with Crippen LogP contribution in [0.25, 0.3) is 11.3 Å². The van der Waals surface area contributed by atoms with Gasteiger partial charge in [0.1, 0.15) is 31.4 Å². The van der Waals surface area contributed by atoms with Crippen LogP contribution in [0.3, 0.4) is 0 Å². The van der Waals surface area contributed by atoms with Crippen LogP contribution < -0.4 is 10.2 Å². The van der Waals surface area contributed by atoms with Gasteiger partial charge in [-0.05, 0) is 18.6 Å². The molecular formula is C23H27N4O2+. The molecule has 4 rings (SSSR count). The molecule has 3 N–H and O–H groups in total. The summed E-state index contributed by atoms with van der Waals surface area (Å²) in [6.45, 7) is 6.36. The van der Waals surface area contributed by atoms with E-state index in [9.17, 15) is 4.79 Å². The number of hydrogen-bond donors (Lipinski definition) is 3. The van der Waals surface area contributed by atoms with E-state index < -0.39 is 0 Å². The molecular weight excluding hydrogens is 364 g/mol. The van der Waals surface area contributed by atoms with E-state index in [-0.39, 0.29) is 11.9 Å². The second kappa shape index (κ2) is 9.03. The van der Waals surface area contributed by atoms with Crippen molar-refractivity contribution in [3.05, 3.63) is 77.5 Å². The summed E-state index contributed by atoms with van der Waals surface area (Å²) in [5.74, 6) is -0.141. The molecule has 29 heavy (non-hydrogen) atoms. The summed E-state index contributed by atoms with van der Waals surface area (Å²) < 4.78 is 5.48. The van der Waals surface area contributed by atoms with E-state index in [1.165, 1.54) is 10.5 Å². The summed E-state index contributed by atoms with van der Waals surface area (Å²) in [4.78, 5) is 14.4.